The standard InChI is InChI=1S/C23H23N5O2/c1-4-16-5-7-17(8-6-16)23(29)24-13-18-14-28(27-26-18)22-11-15(2)25-21-10-9-19(30-3)12-20(21)22/h5-12,14H,4,13H2,1-3H3,(H,24,29). The molecule has 0 bridgehead atoms. The summed E-state index contributed by atoms with van der Waals surface area (Å²) in [5.41, 5.74) is 5.08. The molecule has 7 heteroatoms. The Balaban J connectivity index is 1.54. The fourth-order valence-electron chi connectivity index (χ4n) is 3.29. The number of hydrogen-bond acceptors (Lipinski definition) is 5. The van der Waals surface area contributed by atoms with Crippen LogP contribution >= 0.6 is 0 Å². The molecule has 4 rings (SSSR count). The van der Waals surface area contributed by atoms with Crippen LogP contribution in [0.15, 0.2) is 54.7 Å². The van der Waals surface area contributed by atoms with Crippen molar-refractivity contribution in [3.8, 4) is 11.4 Å². The minimum Gasteiger partial charge on any atom is -0.497 e. The van der Waals surface area contributed by atoms with Gasteiger partial charge < -0.3 is 10.1 Å². The number of ether oxygens (including phenoxy) is 1. The van der Waals surface area contributed by atoms with Gasteiger partial charge in [-0.1, -0.05) is 24.3 Å². The molecule has 0 saturated carbocycles. The Labute approximate surface area is 174 Å². The highest BCUT2D eigenvalue weighted by Gasteiger charge is 2.11. The van der Waals surface area contributed by atoms with Crippen LogP contribution in [0.2, 0.25) is 0 Å². The van der Waals surface area contributed by atoms with Crippen LogP contribution < -0.4 is 10.1 Å². The molecule has 7 nitrogen and oxygen atoms in total. The number of benzene rings is 2. The minimum absolute atomic E-state index is 0.137. The molecule has 2 aromatic heterocycles. The molecule has 0 aliphatic carbocycles. The molecular formula is C23H23N5O2. The lowest BCUT2D eigenvalue weighted by Gasteiger charge is -2.09. The summed E-state index contributed by atoms with van der Waals surface area (Å²) < 4.78 is 7.05. The van der Waals surface area contributed by atoms with Crippen molar-refractivity contribution < 1.29 is 9.53 Å². The van der Waals surface area contributed by atoms with Crippen molar-refractivity contribution in [2.24, 2.45) is 0 Å². The lowest BCUT2D eigenvalue weighted by Crippen LogP contribution is -2.22. The van der Waals surface area contributed by atoms with E-state index in [9.17, 15) is 4.79 Å². The molecule has 0 fully saturated rings. The van der Waals surface area contributed by atoms with Gasteiger partial charge in [-0.3, -0.25) is 9.78 Å². The summed E-state index contributed by atoms with van der Waals surface area (Å²) in [5.74, 6) is 0.609. The summed E-state index contributed by atoms with van der Waals surface area (Å²) in [6.45, 7) is 4.32. The molecule has 0 atom stereocenters. The van der Waals surface area contributed by atoms with Gasteiger partial charge in [0.15, 0.2) is 0 Å². The maximum atomic E-state index is 12.4. The van der Waals surface area contributed by atoms with E-state index in [1.807, 2.05) is 61.7 Å². The summed E-state index contributed by atoms with van der Waals surface area (Å²) in [6.07, 6.45) is 2.76. The first-order chi connectivity index (χ1) is 14.6. The Morgan fingerprint density at radius 3 is 2.67 bits per heavy atom. The third-order valence-corrected chi connectivity index (χ3v) is 4.96. The second-order valence-electron chi connectivity index (χ2n) is 7.05. The van der Waals surface area contributed by atoms with Gasteiger partial charge in [0.2, 0.25) is 0 Å². The maximum Gasteiger partial charge on any atom is 0.251 e. The third kappa shape index (κ3) is 4.00. The molecule has 0 spiro atoms. The van der Waals surface area contributed by atoms with E-state index in [-0.39, 0.29) is 5.91 Å². The second kappa shape index (κ2) is 8.32. The highest BCUT2D eigenvalue weighted by atomic mass is 16.5. The van der Waals surface area contributed by atoms with Crippen LogP contribution in [0, 0.1) is 6.92 Å². The van der Waals surface area contributed by atoms with Crippen molar-refractivity contribution in [2.75, 3.05) is 7.11 Å². The molecule has 0 aliphatic rings. The van der Waals surface area contributed by atoms with Crippen LogP contribution in [-0.2, 0) is 13.0 Å². The predicted octanol–water partition coefficient (Wildman–Crippen LogP) is 3.62. The molecule has 2 aromatic carbocycles. The van der Waals surface area contributed by atoms with E-state index in [0.717, 1.165) is 34.5 Å². The number of aryl methyl sites for hydroxylation is 2. The topological polar surface area (TPSA) is 81.9 Å². The number of methoxy groups -OCH3 is 1. The Morgan fingerprint density at radius 2 is 1.93 bits per heavy atom. The van der Waals surface area contributed by atoms with E-state index < -0.39 is 0 Å². The molecule has 1 amide bonds. The monoisotopic (exact) mass is 401 g/mol. The van der Waals surface area contributed by atoms with Gasteiger partial charge in [-0.15, -0.1) is 5.10 Å². The van der Waals surface area contributed by atoms with Crippen LogP contribution in [0.3, 0.4) is 0 Å². The summed E-state index contributed by atoms with van der Waals surface area (Å²) in [4.78, 5) is 17.0. The van der Waals surface area contributed by atoms with Gasteiger partial charge in [-0.2, -0.15) is 0 Å². The van der Waals surface area contributed by atoms with Gasteiger partial charge >= 0.3 is 0 Å². The highest BCUT2D eigenvalue weighted by Crippen LogP contribution is 2.26. The Bertz CT molecular complexity index is 1200. The highest BCUT2D eigenvalue weighted by molar-refractivity contribution is 5.94. The molecule has 0 radical (unpaired) electrons. The number of nitrogens with one attached hydrogen (secondary N) is 1. The fourth-order valence-corrected chi connectivity index (χ4v) is 3.29. The zero-order chi connectivity index (χ0) is 21.1. The van der Waals surface area contributed by atoms with E-state index in [2.05, 4.69) is 27.5 Å². The minimum atomic E-state index is -0.137. The number of pyridine rings is 1. The largest absolute Gasteiger partial charge is 0.497 e. The van der Waals surface area contributed by atoms with Crippen molar-refractivity contribution >= 4 is 16.8 Å². The Kier molecular flexibility index (Phi) is 5.43. The predicted molar refractivity (Wildman–Crippen MR) is 115 cm³/mol. The van der Waals surface area contributed by atoms with E-state index in [4.69, 9.17) is 4.74 Å². The van der Waals surface area contributed by atoms with E-state index in [1.165, 1.54) is 5.56 Å². The number of hydrogen-bond donors (Lipinski definition) is 1. The fraction of sp³-hybridized carbons (Fsp3) is 0.217. The van der Waals surface area contributed by atoms with Gasteiger partial charge in [-0.25, -0.2) is 4.68 Å². The number of nitrogens with zero attached hydrogens (tertiary/aromatic N) is 4. The lowest BCUT2D eigenvalue weighted by molar-refractivity contribution is 0.0950. The number of carbonyl (C=O) groups excluding carboxylic acids is 1. The van der Waals surface area contributed by atoms with Crippen molar-refractivity contribution in [1.82, 2.24) is 25.3 Å². The SMILES string of the molecule is CCc1ccc(C(=O)NCc2cn(-c3cc(C)nc4ccc(OC)cc34)nn2)cc1. The first-order valence-electron chi connectivity index (χ1n) is 9.81. The lowest BCUT2D eigenvalue weighted by atomic mass is 10.1. The average molecular weight is 401 g/mol. The molecular weight excluding hydrogens is 378 g/mol. The van der Waals surface area contributed by atoms with Crippen LogP contribution in [0.4, 0.5) is 0 Å². The number of amides is 1. The van der Waals surface area contributed by atoms with Crippen molar-refractivity contribution in [2.45, 2.75) is 26.8 Å². The Hall–Kier alpha value is -3.74. The Morgan fingerprint density at radius 1 is 1.13 bits per heavy atom. The number of carbonyl (C=O) groups is 1. The molecule has 152 valence electrons. The van der Waals surface area contributed by atoms with Gasteiger partial charge in [0.25, 0.3) is 5.91 Å². The van der Waals surface area contributed by atoms with Gasteiger partial charge in [0.1, 0.15) is 11.4 Å². The summed E-state index contributed by atoms with van der Waals surface area (Å²) >= 11 is 0. The maximum absolute atomic E-state index is 12.4. The molecule has 2 heterocycles. The van der Waals surface area contributed by atoms with E-state index in [0.29, 0.717) is 17.8 Å². The van der Waals surface area contributed by atoms with Crippen molar-refractivity contribution in [3.63, 3.8) is 0 Å². The zero-order valence-electron chi connectivity index (χ0n) is 17.2. The second-order valence-corrected chi connectivity index (χ2v) is 7.05. The third-order valence-electron chi connectivity index (χ3n) is 4.96. The summed E-state index contributed by atoms with van der Waals surface area (Å²) in [6, 6.07) is 15.3. The van der Waals surface area contributed by atoms with Crippen LogP contribution in [0.5, 0.6) is 5.75 Å². The number of rotatable bonds is 6. The first kappa shape index (κ1) is 19.6. The van der Waals surface area contributed by atoms with Crippen LogP contribution in [0.1, 0.15) is 34.2 Å². The molecule has 1 N–H and O–H groups in total. The van der Waals surface area contributed by atoms with Crippen LogP contribution in [-0.4, -0.2) is 33.0 Å². The molecule has 30 heavy (non-hydrogen) atoms. The smallest absolute Gasteiger partial charge is 0.251 e. The van der Waals surface area contributed by atoms with E-state index >= 15 is 0 Å². The number of fused-ring (bicyclic) bond motifs is 1. The van der Waals surface area contributed by atoms with Gasteiger partial charge in [0.05, 0.1) is 31.1 Å². The molecule has 0 unspecified atom stereocenters. The first-order valence-corrected chi connectivity index (χ1v) is 9.81. The van der Waals surface area contributed by atoms with Crippen molar-refractivity contribution in [1.29, 1.82) is 0 Å². The van der Waals surface area contributed by atoms with E-state index in [1.54, 1.807) is 11.8 Å². The summed E-state index contributed by atoms with van der Waals surface area (Å²) in [5, 5.41) is 12.3. The normalized spacial score (nSPS) is 10.9. The molecule has 4 aromatic rings. The zero-order valence-corrected chi connectivity index (χ0v) is 17.2. The average Bonchev–Trinajstić information content (AvgIpc) is 3.25. The number of aromatic nitrogens is 4. The summed E-state index contributed by atoms with van der Waals surface area (Å²) in [7, 11) is 1.63. The van der Waals surface area contributed by atoms with Crippen LogP contribution in [0.25, 0.3) is 16.6 Å². The van der Waals surface area contributed by atoms with Crippen molar-refractivity contribution in [3.05, 3.63) is 77.2 Å². The quantitative estimate of drug-likeness (QED) is 0.534. The molecule has 0 saturated heterocycles. The van der Waals surface area contributed by atoms with Gasteiger partial charge in [-0.05, 0) is 55.3 Å². The molecule has 0 aliphatic heterocycles. The van der Waals surface area contributed by atoms with Gasteiger partial charge in [0, 0.05) is 16.6 Å².